The van der Waals surface area contributed by atoms with E-state index in [-0.39, 0.29) is 11.7 Å². The van der Waals surface area contributed by atoms with Crippen LogP contribution in [-0.2, 0) is 21.2 Å². The normalized spacial score (nSPS) is 12.3. The van der Waals surface area contributed by atoms with Crippen LogP contribution in [0.1, 0.15) is 12.5 Å². The molecule has 0 saturated carbocycles. The molecular formula is C19H23FN2O4S. The quantitative estimate of drug-likeness (QED) is 0.746. The second-order valence-electron chi connectivity index (χ2n) is 6.15. The minimum atomic E-state index is -3.33. The summed E-state index contributed by atoms with van der Waals surface area (Å²) in [7, 11) is -1.87. The molecule has 0 radical (unpaired) electrons. The van der Waals surface area contributed by atoms with Crippen LogP contribution in [0.5, 0.6) is 5.75 Å². The van der Waals surface area contributed by atoms with Crippen LogP contribution in [0.15, 0.2) is 48.5 Å². The lowest BCUT2D eigenvalue weighted by atomic mass is 10.1. The second-order valence-corrected chi connectivity index (χ2v) is 8.17. The van der Waals surface area contributed by atoms with E-state index in [1.165, 1.54) is 19.2 Å². The van der Waals surface area contributed by atoms with Gasteiger partial charge in [0.15, 0.2) is 6.10 Å². The molecule has 2 aromatic carbocycles. The maximum atomic E-state index is 12.9. The third kappa shape index (κ3) is 6.25. The molecule has 27 heavy (non-hydrogen) atoms. The number of hydrogen-bond acceptors (Lipinski definition) is 4. The Kier molecular flexibility index (Phi) is 6.79. The van der Waals surface area contributed by atoms with Gasteiger partial charge in [-0.3, -0.25) is 9.10 Å². The molecule has 2 aromatic rings. The molecule has 0 spiro atoms. The summed E-state index contributed by atoms with van der Waals surface area (Å²) in [6, 6.07) is 12.6. The zero-order valence-electron chi connectivity index (χ0n) is 15.5. The van der Waals surface area contributed by atoms with Crippen LogP contribution in [0.4, 0.5) is 10.1 Å². The Bertz CT molecular complexity index is 868. The largest absolute Gasteiger partial charge is 0.481 e. The number of amides is 1. The van der Waals surface area contributed by atoms with E-state index in [0.29, 0.717) is 24.4 Å². The molecule has 1 atom stereocenters. The molecule has 0 heterocycles. The van der Waals surface area contributed by atoms with E-state index in [4.69, 9.17) is 4.74 Å². The predicted molar refractivity (Wildman–Crippen MR) is 103 cm³/mol. The first-order valence-electron chi connectivity index (χ1n) is 8.39. The van der Waals surface area contributed by atoms with Crippen molar-refractivity contribution < 1.29 is 22.3 Å². The monoisotopic (exact) mass is 394 g/mol. The lowest BCUT2D eigenvalue weighted by Gasteiger charge is -2.18. The molecule has 6 nitrogen and oxygen atoms in total. The fourth-order valence-electron chi connectivity index (χ4n) is 2.31. The first kappa shape index (κ1) is 20.7. The molecule has 0 aliphatic carbocycles. The van der Waals surface area contributed by atoms with E-state index < -0.39 is 16.1 Å². The van der Waals surface area contributed by atoms with E-state index in [9.17, 15) is 17.6 Å². The highest BCUT2D eigenvalue weighted by Gasteiger charge is 2.15. The van der Waals surface area contributed by atoms with Crippen molar-refractivity contribution in [2.75, 3.05) is 24.2 Å². The van der Waals surface area contributed by atoms with Gasteiger partial charge in [0.25, 0.3) is 5.91 Å². The number of hydrogen-bond donors (Lipinski definition) is 1. The van der Waals surface area contributed by atoms with Gasteiger partial charge in [0, 0.05) is 13.6 Å². The van der Waals surface area contributed by atoms with Crippen LogP contribution in [0.2, 0.25) is 0 Å². The topological polar surface area (TPSA) is 75.7 Å². The average Bonchev–Trinajstić information content (AvgIpc) is 2.62. The van der Waals surface area contributed by atoms with Crippen molar-refractivity contribution in [3.63, 3.8) is 0 Å². The highest BCUT2D eigenvalue weighted by atomic mass is 32.2. The van der Waals surface area contributed by atoms with E-state index in [1.807, 2.05) is 0 Å². The molecule has 1 amide bonds. The van der Waals surface area contributed by atoms with E-state index in [2.05, 4.69) is 5.32 Å². The van der Waals surface area contributed by atoms with Gasteiger partial charge in [-0.05, 0) is 55.3 Å². The first-order valence-corrected chi connectivity index (χ1v) is 10.2. The number of carbonyl (C=O) groups excluding carboxylic acids is 1. The molecule has 0 aromatic heterocycles. The summed E-state index contributed by atoms with van der Waals surface area (Å²) in [5, 5.41) is 2.77. The Morgan fingerprint density at radius 3 is 2.30 bits per heavy atom. The standard InChI is InChI=1S/C19H23FN2O4S/c1-14(19(23)21-13-12-15-4-6-16(20)7-5-15)26-18-10-8-17(9-11-18)22(2)27(3,24)25/h4-11,14H,12-13H2,1-3H3,(H,21,23)/t14-/m0/s1. The van der Waals surface area contributed by atoms with Crippen molar-refractivity contribution in [3.8, 4) is 5.75 Å². The van der Waals surface area contributed by atoms with Crippen molar-refractivity contribution in [1.29, 1.82) is 0 Å². The van der Waals surface area contributed by atoms with Crippen LogP contribution >= 0.6 is 0 Å². The third-order valence-corrected chi connectivity index (χ3v) is 5.21. The number of sulfonamides is 1. The molecular weight excluding hydrogens is 371 g/mol. The second kappa shape index (κ2) is 8.85. The summed E-state index contributed by atoms with van der Waals surface area (Å²) in [6.07, 6.45) is 0.998. The zero-order chi connectivity index (χ0) is 20.0. The summed E-state index contributed by atoms with van der Waals surface area (Å²) >= 11 is 0. The molecule has 146 valence electrons. The van der Waals surface area contributed by atoms with E-state index in [1.54, 1.807) is 43.3 Å². The van der Waals surface area contributed by atoms with Crippen molar-refractivity contribution in [1.82, 2.24) is 5.32 Å². The summed E-state index contributed by atoms with van der Waals surface area (Å²) in [4.78, 5) is 12.1. The highest BCUT2D eigenvalue weighted by Crippen LogP contribution is 2.21. The van der Waals surface area contributed by atoms with Gasteiger partial charge in [-0.1, -0.05) is 12.1 Å². The maximum absolute atomic E-state index is 12.9. The van der Waals surface area contributed by atoms with Gasteiger partial charge >= 0.3 is 0 Å². The number of ether oxygens (including phenoxy) is 1. The van der Waals surface area contributed by atoms with E-state index in [0.717, 1.165) is 16.1 Å². The number of rotatable bonds is 8. The van der Waals surface area contributed by atoms with Crippen LogP contribution in [0, 0.1) is 5.82 Å². The fourth-order valence-corrected chi connectivity index (χ4v) is 2.81. The van der Waals surface area contributed by atoms with Crippen molar-refractivity contribution in [2.45, 2.75) is 19.4 Å². The molecule has 8 heteroatoms. The van der Waals surface area contributed by atoms with Gasteiger partial charge in [-0.15, -0.1) is 0 Å². The zero-order valence-corrected chi connectivity index (χ0v) is 16.3. The fraction of sp³-hybridized carbons (Fsp3) is 0.316. The molecule has 2 rings (SSSR count). The van der Waals surface area contributed by atoms with Crippen LogP contribution in [0.3, 0.4) is 0 Å². The summed E-state index contributed by atoms with van der Waals surface area (Å²) in [5.41, 5.74) is 1.43. The molecule has 0 unspecified atom stereocenters. The maximum Gasteiger partial charge on any atom is 0.260 e. The van der Waals surface area contributed by atoms with Crippen LogP contribution < -0.4 is 14.4 Å². The van der Waals surface area contributed by atoms with Crippen LogP contribution in [-0.4, -0.2) is 40.3 Å². The Hall–Kier alpha value is -2.61. The average molecular weight is 394 g/mol. The Labute approximate surface area is 159 Å². The summed E-state index contributed by atoms with van der Waals surface area (Å²) < 4.78 is 42.7. The Balaban J connectivity index is 1.84. The number of benzene rings is 2. The van der Waals surface area contributed by atoms with Gasteiger partial charge < -0.3 is 10.1 Å². The van der Waals surface area contributed by atoms with Gasteiger partial charge in [0.1, 0.15) is 11.6 Å². The van der Waals surface area contributed by atoms with Gasteiger partial charge in [0.2, 0.25) is 10.0 Å². The lowest BCUT2D eigenvalue weighted by Crippen LogP contribution is -2.37. The molecule has 1 N–H and O–H groups in total. The van der Waals surface area contributed by atoms with Crippen molar-refractivity contribution >= 4 is 21.6 Å². The Morgan fingerprint density at radius 2 is 1.74 bits per heavy atom. The molecule has 0 fully saturated rings. The summed E-state index contributed by atoms with van der Waals surface area (Å²) in [5.74, 6) is -0.102. The lowest BCUT2D eigenvalue weighted by molar-refractivity contribution is -0.127. The number of anilines is 1. The minimum absolute atomic E-state index is 0.269. The SMILES string of the molecule is C[C@H](Oc1ccc(N(C)S(C)(=O)=O)cc1)C(=O)NCCc1ccc(F)cc1. The van der Waals surface area contributed by atoms with Crippen LogP contribution in [0.25, 0.3) is 0 Å². The Morgan fingerprint density at radius 1 is 1.15 bits per heavy atom. The predicted octanol–water partition coefficient (Wildman–Crippen LogP) is 2.35. The number of halogens is 1. The third-order valence-electron chi connectivity index (χ3n) is 4.01. The molecule has 0 saturated heterocycles. The smallest absolute Gasteiger partial charge is 0.260 e. The number of nitrogens with zero attached hydrogens (tertiary/aromatic N) is 1. The van der Waals surface area contributed by atoms with Crippen molar-refractivity contribution in [2.24, 2.45) is 0 Å². The minimum Gasteiger partial charge on any atom is -0.481 e. The van der Waals surface area contributed by atoms with E-state index >= 15 is 0 Å². The van der Waals surface area contributed by atoms with Gasteiger partial charge in [-0.2, -0.15) is 0 Å². The molecule has 0 aliphatic heterocycles. The summed E-state index contributed by atoms with van der Waals surface area (Å²) in [6.45, 7) is 2.04. The van der Waals surface area contributed by atoms with Gasteiger partial charge in [-0.25, -0.2) is 12.8 Å². The highest BCUT2D eigenvalue weighted by molar-refractivity contribution is 7.92. The van der Waals surface area contributed by atoms with Crippen molar-refractivity contribution in [3.05, 3.63) is 59.9 Å². The molecule has 0 aliphatic rings. The van der Waals surface area contributed by atoms with Gasteiger partial charge in [0.05, 0.1) is 11.9 Å². The first-order chi connectivity index (χ1) is 12.7. The number of carbonyl (C=O) groups is 1. The number of nitrogens with one attached hydrogen (secondary N) is 1. The molecule has 0 bridgehead atoms.